The lowest BCUT2D eigenvalue weighted by atomic mass is 10.3. The molecule has 0 bridgehead atoms. The maximum Gasteiger partial charge on any atom is 0.245 e. The van der Waals surface area contributed by atoms with Gasteiger partial charge in [0.1, 0.15) is 4.90 Å². The van der Waals surface area contributed by atoms with Crippen molar-refractivity contribution >= 4 is 21.6 Å². The molecule has 94 valence electrons. The Kier molecular flexibility index (Phi) is 5.11. The van der Waals surface area contributed by atoms with Gasteiger partial charge in [0.25, 0.3) is 0 Å². The van der Waals surface area contributed by atoms with Gasteiger partial charge in [-0.1, -0.05) is 17.7 Å². The molecule has 1 rings (SSSR count). The van der Waals surface area contributed by atoms with Crippen molar-refractivity contribution in [2.45, 2.75) is 17.7 Å². The number of nitrogens with zero attached hydrogens (tertiary/aromatic N) is 2. The highest BCUT2D eigenvalue weighted by Gasteiger charge is 2.23. The summed E-state index contributed by atoms with van der Waals surface area (Å²) in [6, 6.07) is 1.46. The number of sulfonamides is 1. The molecule has 0 spiro atoms. The average Bonchev–Trinajstić information content (AvgIpc) is 2.29. The molecule has 1 heterocycles. The van der Waals surface area contributed by atoms with Gasteiger partial charge in [-0.3, -0.25) is 4.98 Å². The second kappa shape index (κ2) is 6.14. The molecule has 6 heteroatoms. The van der Waals surface area contributed by atoms with Crippen molar-refractivity contribution in [3.05, 3.63) is 36.1 Å². The predicted molar refractivity (Wildman–Crippen MR) is 68.5 cm³/mol. The van der Waals surface area contributed by atoms with Crippen LogP contribution in [0.2, 0.25) is 5.02 Å². The molecular weight excluding hydrogens is 260 g/mol. The molecule has 0 unspecified atom stereocenters. The number of hydrogen-bond acceptors (Lipinski definition) is 3. The third-order valence-corrected chi connectivity index (χ3v) is 4.63. The van der Waals surface area contributed by atoms with Gasteiger partial charge in [-0.2, -0.15) is 0 Å². The molecule has 0 atom stereocenters. The molecule has 1 aromatic rings. The molecule has 0 amide bonds. The van der Waals surface area contributed by atoms with Gasteiger partial charge in [-0.15, -0.1) is 6.58 Å². The van der Waals surface area contributed by atoms with Gasteiger partial charge in [0.05, 0.1) is 5.02 Å². The highest BCUT2D eigenvalue weighted by atomic mass is 35.5. The number of aromatic nitrogens is 1. The van der Waals surface area contributed by atoms with E-state index in [0.717, 1.165) is 12.8 Å². The molecule has 0 fully saturated rings. The van der Waals surface area contributed by atoms with Crippen LogP contribution in [-0.4, -0.2) is 31.3 Å². The molecule has 0 saturated carbocycles. The van der Waals surface area contributed by atoms with Crippen LogP contribution in [0.5, 0.6) is 0 Å². The van der Waals surface area contributed by atoms with Crippen molar-refractivity contribution in [3.63, 3.8) is 0 Å². The van der Waals surface area contributed by atoms with Crippen LogP contribution < -0.4 is 0 Å². The molecular formula is C11H15ClN2O2S. The zero-order chi connectivity index (χ0) is 12.9. The molecule has 0 saturated heterocycles. The fourth-order valence-corrected chi connectivity index (χ4v) is 2.91. The summed E-state index contributed by atoms with van der Waals surface area (Å²) in [6.07, 6.45) is 6.00. The zero-order valence-corrected chi connectivity index (χ0v) is 11.2. The summed E-state index contributed by atoms with van der Waals surface area (Å²) in [7, 11) is -2.02. The van der Waals surface area contributed by atoms with Gasteiger partial charge in [0.2, 0.25) is 10.0 Å². The third-order valence-electron chi connectivity index (χ3n) is 2.30. The van der Waals surface area contributed by atoms with Crippen LogP contribution in [0.15, 0.2) is 36.0 Å². The smallest absolute Gasteiger partial charge is 0.245 e. The van der Waals surface area contributed by atoms with Gasteiger partial charge in [0, 0.05) is 26.0 Å². The summed E-state index contributed by atoms with van der Waals surface area (Å²) in [5, 5.41) is 0.190. The first-order valence-electron chi connectivity index (χ1n) is 5.17. The van der Waals surface area contributed by atoms with E-state index in [1.807, 2.05) is 0 Å². The minimum atomic E-state index is -3.55. The lowest BCUT2D eigenvalue weighted by molar-refractivity contribution is 0.462. The summed E-state index contributed by atoms with van der Waals surface area (Å²) in [5.41, 5.74) is 0. The molecule has 1 aromatic heterocycles. The van der Waals surface area contributed by atoms with Crippen LogP contribution >= 0.6 is 11.6 Å². The number of rotatable bonds is 6. The first-order valence-corrected chi connectivity index (χ1v) is 6.98. The van der Waals surface area contributed by atoms with Gasteiger partial charge in [-0.25, -0.2) is 12.7 Å². The Bertz CT molecular complexity index is 488. The lowest BCUT2D eigenvalue weighted by Gasteiger charge is -2.17. The number of allylic oxidation sites excluding steroid dienone is 1. The normalized spacial score (nSPS) is 11.7. The maximum atomic E-state index is 12.1. The Morgan fingerprint density at radius 1 is 1.59 bits per heavy atom. The quantitative estimate of drug-likeness (QED) is 0.591. The Morgan fingerprint density at radius 3 is 2.88 bits per heavy atom. The van der Waals surface area contributed by atoms with Crippen molar-refractivity contribution in [1.29, 1.82) is 0 Å². The molecule has 0 aliphatic carbocycles. The second-order valence-electron chi connectivity index (χ2n) is 3.56. The lowest BCUT2D eigenvalue weighted by Crippen LogP contribution is -2.28. The van der Waals surface area contributed by atoms with Crippen molar-refractivity contribution in [1.82, 2.24) is 9.29 Å². The zero-order valence-electron chi connectivity index (χ0n) is 9.63. The first-order chi connectivity index (χ1) is 8.00. The van der Waals surface area contributed by atoms with E-state index in [1.165, 1.54) is 29.8 Å². The number of pyridine rings is 1. The number of unbranched alkanes of at least 4 members (excludes halogenated alkanes) is 1. The van der Waals surface area contributed by atoms with E-state index in [4.69, 9.17) is 11.6 Å². The predicted octanol–water partition coefficient (Wildman–Crippen LogP) is 2.32. The fourth-order valence-electron chi connectivity index (χ4n) is 1.30. The molecule has 17 heavy (non-hydrogen) atoms. The van der Waals surface area contributed by atoms with Crippen LogP contribution in [0.25, 0.3) is 0 Å². The second-order valence-corrected chi connectivity index (χ2v) is 5.98. The number of halogens is 1. The van der Waals surface area contributed by atoms with Gasteiger partial charge in [-0.05, 0) is 18.9 Å². The summed E-state index contributed by atoms with van der Waals surface area (Å²) < 4.78 is 25.5. The topological polar surface area (TPSA) is 50.3 Å². The fraction of sp³-hybridized carbons (Fsp3) is 0.364. The Morgan fingerprint density at radius 2 is 2.29 bits per heavy atom. The van der Waals surface area contributed by atoms with E-state index in [1.54, 1.807) is 6.08 Å². The summed E-state index contributed by atoms with van der Waals surface area (Å²) >= 11 is 5.85. The molecule has 0 aliphatic heterocycles. The highest BCUT2D eigenvalue weighted by Crippen LogP contribution is 2.22. The van der Waals surface area contributed by atoms with E-state index in [0.29, 0.717) is 6.54 Å². The molecule has 0 aromatic carbocycles. The Labute approximate surface area is 107 Å². The monoisotopic (exact) mass is 274 g/mol. The first kappa shape index (κ1) is 14.2. The van der Waals surface area contributed by atoms with E-state index in [2.05, 4.69) is 11.6 Å². The Balaban J connectivity index is 2.88. The van der Waals surface area contributed by atoms with Crippen LogP contribution in [0.4, 0.5) is 0 Å². The average molecular weight is 275 g/mol. The van der Waals surface area contributed by atoms with Gasteiger partial charge >= 0.3 is 0 Å². The largest absolute Gasteiger partial charge is 0.263 e. The Hall–Kier alpha value is -0.910. The number of hydrogen-bond donors (Lipinski definition) is 0. The minimum Gasteiger partial charge on any atom is -0.263 e. The third kappa shape index (κ3) is 3.52. The van der Waals surface area contributed by atoms with Crippen molar-refractivity contribution in [2.24, 2.45) is 0 Å². The van der Waals surface area contributed by atoms with E-state index >= 15 is 0 Å². The van der Waals surface area contributed by atoms with Crippen LogP contribution in [-0.2, 0) is 10.0 Å². The molecule has 0 aliphatic rings. The molecule has 4 nitrogen and oxygen atoms in total. The minimum absolute atomic E-state index is 0.0442. The van der Waals surface area contributed by atoms with Crippen LogP contribution in [0.1, 0.15) is 12.8 Å². The summed E-state index contributed by atoms with van der Waals surface area (Å²) in [5.74, 6) is 0. The van der Waals surface area contributed by atoms with E-state index < -0.39 is 10.0 Å². The SMILES string of the molecule is C=CCCCN(C)S(=O)(=O)c1cnccc1Cl. The summed E-state index contributed by atoms with van der Waals surface area (Å²) in [4.78, 5) is 3.83. The van der Waals surface area contributed by atoms with Crippen molar-refractivity contribution in [2.75, 3.05) is 13.6 Å². The van der Waals surface area contributed by atoms with Gasteiger partial charge in [0.15, 0.2) is 0 Å². The van der Waals surface area contributed by atoms with E-state index in [9.17, 15) is 8.42 Å². The van der Waals surface area contributed by atoms with Crippen LogP contribution in [0.3, 0.4) is 0 Å². The van der Waals surface area contributed by atoms with Crippen LogP contribution in [0, 0.1) is 0 Å². The van der Waals surface area contributed by atoms with Crippen molar-refractivity contribution in [3.8, 4) is 0 Å². The summed E-state index contributed by atoms with van der Waals surface area (Å²) in [6.45, 7) is 4.02. The maximum absolute atomic E-state index is 12.1. The van der Waals surface area contributed by atoms with Crippen molar-refractivity contribution < 1.29 is 8.42 Å². The molecule has 0 N–H and O–H groups in total. The standard InChI is InChI=1S/C11H15ClN2O2S/c1-3-4-5-8-14(2)17(15,16)11-9-13-7-6-10(11)12/h3,6-7,9H,1,4-5,8H2,2H3. The highest BCUT2D eigenvalue weighted by molar-refractivity contribution is 7.89. The van der Waals surface area contributed by atoms with Gasteiger partial charge < -0.3 is 0 Å². The van der Waals surface area contributed by atoms with E-state index in [-0.39, 0.29) is 9.92 Å². The molecule has 0 radical (unpaired) electrons.